The fourth-order valence-corrected chi connectivity index (χ4v) is 0.921. The average Bonchev–Trinajstić information content (AvgIpc) is 1.98. The van der Waals surface area contributed by atoms with Gasteiger partial charge in [-0.25, -0.2) is 0 Å². The molecule has 0 N–H and O–H groups in total. The molecule has 0 aliphatic heterocycles. The largest absolute Gasteiger partial charge is 0.122 e. The second-order valence-electron chi connectivity index (χ2n) is 2.28. The molecule has 0 rings (SSSR count). The number of hydrogen-bond donors (Lipinski definition) is 0. The molecular weight excluding hydrogens is 156 g/mol. The zero-order valence-corrected chi connectivity index (χ0v) is 7.62. The molecule has 0 aliphatic carbocycles. The maximum absolute atomic E-state index is 5.55. The Kier molecular flexibility index (Phi) is 4.64. The van der Waals surface area contributed by atoms with Crippen LogP contribution in [0.5, 0.6) is 0 Å². The fraction of sp³-hybridized carbons (Fsp3) is 0.200. The number of hydrogen-bond acceptors (Lipinski definition) is 0. The molecule has 0 nitrogen and oxygen atoms in total. The molecule has 0 heterocycles. The highest BCUT2D eigenvalue weighted by Crippen LogP contribution is 2.16. The Labute approximate surface area is 73.6 Å². The van der Waals surface area contributed by atoms with Crippen molar-refractivity contribution in [3.05, 3.63) is 48.6 Å². The third kappa shape index (κ3) is 3.24. The van der Waals surface area contributed by atoms with Gasteiger partial charge >= 0.3 is 0 Å². The van der Waals surface area contributed by atoms with Crippen LogP contribution in [0.15, 0.2) is 48.6 Å². The summed E-state index contributed by atoms with van der Waals surface area (Å²) in [6.07, 6.45) is 3.58. The van der Waals surface area contributed by atoms with Crippen molar-refractivity contribution in [1.29, 1.82) is 0 Å². The van der Waals surface area contributed by atoms with Crippen molar-refractivity contribution in [1.82, 2.24) is 0 Å². The van der Waals surface area contributed by atoms with Crippen molar-refractivity contribution < 1.29 is 0 Å². The van der Waals surface area contributed by atoms with Crippen LogP contribution in [0, 0.1) is 0 Å². The first kappa shape index (κ1) is 10.2. The second kappa shape index (κ2) is 4.97. The van der Waals surface area contributed by atoms with Gasteiger partial charge in [0.25, 0.3) is 0 Å². The summed E-state index contributed by atoms with van der Waals surface area (Å²) in [4.78, 5) is 0. The summed E-state index contributed by atoms with van der Waals surface area (Å²) < 4.78 is 0. The van der Waals surface area contributed by atoms with Gasteiger partial charge in [-0.3, -0.25) is 0 Å². The van der Waals surface area contributed by atoms with Crippen LogP contribution < -0.4 is 0 Å². The van der Waals surface area contributed by atoms with E-state index in [9.17, 15) is 0 Å². The monoisotopic (exact) mass is 168 g/mol. The topological polar surface area (TPSA) is 0 Å². The summed E-state index contributed by atoms with van der Waals surface area (Å²) in [5, 5.41) is 0. The maximum atomic E-state index is 5.55. The fourth-order valence-electron chi connectivity index (χ4n) is 0.767. The van der Waals surface area contributed by atoms with Crippen LogP contribution in [0.1, 0.15) is 6.92 Å². The van der Waals surface area contributed by atoms with Crippen molar-refractivity contribution >= 4 is 11.6 Å². The van der Waals surface area contributed by atoms with Crippen LogP contribution in [0.25, 0.3) is 0 Å². The van der Waals surface area contributed by atoms with Crippen molar-refractivity contribution in [3.8, 4) is 0 Å². The molecular formula is C10H13Cl. The highest BCUT2D eigenvalue weighted by Gasteiger charge is 1.98. The zero-order valence-electron chi connectivity index (χ0n) is 6.86. The van der Waals surface area contributed by atoms with Crippen molar-refractivity contribution in [2.75, 3.05) is 5.88 Å². The molecule has 0 amide bonds. The molecule has 0 spiro atoms. The normalized spacial score (nSPS) is 10.9. The zero-order chi connectivity index (χ0) is 8.85. The Morgan fingerprint density at radius 1 is 1.45 bits per heavy atom. The average molecular weight is 169 g/mol. The predicted octanol–water partition coefficient (Wildman–Crippen LogP) is 3.47. The minimum atomic E-state index is 0.481. The first-order valence-corrected chi connectivity index (χ1v) is 3.90. The van der Waals surface area contributed by atoms with E-state index in [1.807, 2.05) is 13.0 Å². The van der Waals surface area contributed by atoms with E-state index in [1.54, 1.807) is 6.08 Å². The Morgan fingerprint density at radius 3 is 2.27 bits per heavy atom. The SMILES string of the molecule is C=CC(=C)/C(=C/CCl)C(=C)C. The lowest BCUT2D eigenvalue weighted by molar-refractivity contribution is 1.39. The van der Waals surface area contributed by atoms with E-state index in [4.69, 9.17) is 11.6 Å². The van der Waals surface area contributed by atoms with Gasteiger partial charge in [-0.05, 0) is 18.1 Å². The molecule has 11 heavy (non-hydrogen) atoms. The molecule has 0 fully saturated rings. The van der Waals surface area contributed by atoms with E-state index in [2.05, 4.69) is 19.7 Å². The van der Waals surface area contributed by atoms with Gasteiger partial charge in [0.05, 0.1) is 0 Å². The van der Waals surface area contributed by atoms with Gasteiger partial charge in [0.15, 0.2) is 0 Å². The Balaban J connectivity index is 4.61. The van der Waals surface area contributed by atoms with Gasteiger partial charge in [0.2, 0.25) is 0 Å². The summed E-state index contributed by atoms with van der Waals surface area (Å²) in [6, 6.07) is 0. The quantitative estimate of drug-likeness (QED) is 0.446. The van der Waals surface area contributed by atoms with Crippen LogP contribution in [-0.2, 0) is 0 Å². The standard InChI is InChI=1S/C10H13Cl/c1-5-9(4)10(6-7-11)8(2)3/h5-6H,1-2,4,7H2,3H3/b10-6+. The summed E-state index contributed by atoms with van der Waals surface area (Å²) >= 11 is 5.55. The van der Waals surface area contributed by atoms with Gasteiger partial charge in [-0.1, -0.05) is 37.5 Å². The molecule has 60 valence electrons. The number of alkyl halides is 1. The van der Waals surface area contributed by atoms with Crippen LogP contribution in [0.2, 0.25) is 0 Å². The Hall–Kier alpha value is -0.750. The molecule has 0 saturated carbocycles. The van der Waals surface area contributed by atoms with E-state index < -0.39 is 0 Å². The molecule has 0 radical (unpaired) electrons. The highest BCUT2D eigenvalue weighted by molar-refractivity contribution is 6.19. The first-order chi connectivity index (χ1) is 5.13. The molecule has 0 aromatic heterocycles. The summed E-state index contributed by atoms with van der Waals surface area (Å²) in [5.41, 5.74) is 2.84. The number of rotatable bonds is 4. The van der Waals surface area contributed by atoms with Gasteiger partial charge in [0.1, 0.15) is 0 Å². The van der Waals surface area contributed by atoms with E-state index in [0.29, 0.717) is 5.88 Å². The highest BCUT2D eigenvalue weighted by atomic mass is 35.5. The summed E-state index contributed by atoms with van der Waals surface area (Å²) in [6.45, 7) is 13.2. The maximum Gasteiger partial charge on any atom is 0.0413 e. The molecule has 0 aromatic rings. The van der Waals surface area contributed by atoms with E-state index in [0.717, 1.165) is 16.7 Å². The van der Waals surface area contributed by atoms with Gasteiger partial charge < -0.3 is 0 Å². The molecule has 0 aromatic carbocycles. The van der Waals surface area contributed by atoms with E-state index in [-0.39, 0.29) is 0 Å². The van der Waals surface area contributed by atoms with Crippen LogP contribution in [-0.4, -0.2) is 5.88 Å². The lowest BCUT2D eigenvalue weighted by Crippen LogP contribution is -1.86. The van der Waals surface area contributed by atoms with E-state index in [1.165, 1.54) is 0 Å². The molecule has 0 bridgehead atoms. The van der Waals surface area contributed by atoms with Crippen LogP contribution >= 0.6 is 11.6 Å². The molecule has 0 aliphatic rings. The lowest BCUT2D eigenvalue weighted by atomic mass is 10.0. The van der Waals surface area contributed by atoms with Crippen molar-refractivity contribution in [2.45, 2.75) is 6.92 Å². The summed E-state index contributed by atoms with van der Waals surface area (Å²) in [7, 11) is 0. The predicted molar refractivity (Wildman–Crippen MR) is 53.0 cm³/mol. The van der Waals surface area contributed by atoms with Crippen LogP contribution in [0.4, 0.5) is 0 Å². The molecule has 1 heteroatoms. The second-order valence-corrected chi connectivity index (χ2v) is 2.59. The van der Waals surface area contributed by atoms with Gasteiger partial charge in [-0.15, -0.1) is 11.6 Å². The van der Waals surface area contributed by atoms with Crippen LogP contribution in [0.3, 0.4) is 0 Å². The molecule has 0 atom stereocenters. The smallest absolute Gasteiger partial charge is 0.0413 e. The van der Waals surface area contributed by atoms with Crippen molar-refractivity contribution in [3.63, 3.8) is 0 Å². The van der Waals surface area contributed by atoms with Gasteiger partial charge in [-0.2, -0.15) is 0 Å². The minimum absolute atomic E-state index is 0.481. The third-order valence-corrected chi connectivity index (χ3v) is 1.49. The van der Waals surface area contributed by atoms with E-state index >= 15 is 0 Å². The third-order valence-electron chi connectivity index (χ3n) is 1.33. The Morgan fingerprint density at radius 2 is 2.00 bits per heavy atom. The number of allylic oxidation sites excluding steroid dienone is 5. The van der Waals surface area contributed by atoms with Crippen molar-refractivity contribution in [2.24, 2.45) is 0 Å². The number of halogens is 1. The van der Waals surface area contributed by atoms with Gasteiger partial charge in [0, 0.05) is 5.88 Å². The lowest BCUT2D eigenvalue weighted by Gasteiger charge is -2.04. The first-order valence-electron chi connectivity index (χ1n) is 3.37. The Bertz CT molecular complexity index is 209. The minimum Gasteiger partial charge on any atom is -0.122 e. The molecule has 0 saturated heterocycles. The summed E-state index contributed by atoms with van der Waals surface area (Å²) in [5.74, 6) is 0.481. The molecule has 0 unspecified atom stereocenters.